The van der Waals surface area contributed by atoms with Gasteiger partial charge in [0.25, 0.3) is 5.91 Å². The molecule has 0 unspecified atom stereocenters. The van der Waals surface area contributed by atoms with Crippen LogP contribution in [-0.2, 0) is 0 Å². The van der Waals surface area contributed by atoms with Gasteiger partial charge in [0.2, 0.25) is 0 Å². The van der Waals surface area contributed by atoms with E-state index in [-0.39, 0.29) is 5.69 Å². The second-order valence-electron chi connectivity index (χ2n) is 3.40. The smallest absolute Gasteiger partial charge is 0.395 e. The third kappa shape index (κ3) is 4.26. The van der Waals surface area contributed by atoms with Gasteiger partial charge in [-0.05, 0) is 28.1 Å². The standard InChI is InChI=1S/C10H10BrF3N2O2/c11-7-2-1-3-15-8(7)9(18)16(4-5-17)6-10(12,13)14/h1-3,17H,4-6H2. The summed E-state index contributed by atoms with van der Waals surface area (Å²) < 4.78 is 37.2. The third-order valence-electron chi connectivity index (χ3n) is 1.99. The maximum atomic E-state index is 12.3. The number of aliphatic hydroxyl groups is 1. The fourth-order valence-electron chi connectivity index (χ4n) is 1.28. The van der Waals surface area contributed by atoms with Crippen molar-refractivity contribution >= 4 is 21.8 Å². The Kier molecular flexibility index (Phi) is 5.09. The zero-order valence-electron chi connectivity index (χ0n) is 9.12. The summed E-state index contributed by atoms with van der Waals surface area (Å²) >= 11 is 3.04. The predicted octanol–water partition coefficient (Wildman–Crippen LogP) is 1.84. The van der Waals surface area contributed by atoms with Crippen molar-refractivity contribution in [3.63, 3.8) is 0 Å². The van der Waals surface area contributed by atoms with E-state index in [2.05, 4.69) is 20.9 Å². The molecule has 1 aromatic heterocycles. The summed E-state index contributed by atoms with van der Waals surface area (Å²) in [6.07, 6.45) is -3.21. The summed E-state index contributed by atoms with van der Waals surface area (Å²) in [5, 5.41) is 8.71. The van der Waals surface area contributed by atoms with Crippen LogP contribution in [-0.4, -0.2) is 46.8 Å². The summed E-state index contributed by atoms with van der Waals surface area (Å²) in [5.74, 6) is -0.881. The Labute approximate surface area is 110 Å². The average Bonchev–Trinajstić information content (AvgIpc) is 2.26. The number of aromatic nitrogens is 1. The van der Waals surface area contributed by atoms with E-state index in [0.717, 1.165) is 0 Å². The minimum absolute atomic E-state index is 0.116. The van der Waals surface area contributed by atoms with Crippen LogP contribution in [0.15, 0.2) is 22.8 Å². The van der Waals surface area contributed by atoms with E-state index >= 15 is 0 Å². The number of rotatable bonds is 4. The number of carbonyl (C=O) groups excluding carboxylic acids is 1. The van der Waals surface area contributed by atoms with Gasteiger partial charge in [0, 0.05) is 17.2 Å². The van der Waals surface area contributed by atoms with Crippen molar-refractivity contribution < 1.29 is 23.1 Å². The van der Waals surface area contributed by atoms with E-state index in [0.29, 0.717) is 9.37 Å². The number of aliphatic hydroxyl groups excluding tert-OH is 1. The van der Waals surface area contributed by atoms with Crippen molar-refractivity contribution in [2.75, 3.05) is 19.7 Å². The molecule has 0 aliphatic rings. The fraction of sp³-hybridized carbons (Fsp3) is 0.400. The van der Waals surface area contributed by atoms with E-state index in [1.165, 1.54) is 12.3 Å². The first-order valence-electron chi connectivity index (χ1n) is 4.92. The van der Waals surface area contributed by atoms with Gasteiger partial charge in [0.15, 0.2) is 0 Å². The van der Waals surface area contributed by atoms with Crippen LogP contribution < -0.4 is 0 Å². The van der Waals surface area contributed by atoms with Crippen LogP contribution in [0.3, 0.4) is 0 Å². The molecule has 1 rings (SSSR count). The molecule has 0 atom stereocenters. The molecule has 0 bridgehead atoms. The molecule has 0 fully saturated rings. The van der Waals surface area contributed by atoms with Gasteiger partial charge in [-0.25, -0.2) is 4.98 Å². The van der Waals surface area contributed by atoms with Gasteiger partial charge in [0.05, 0.1) is 6.61 Å². The Morgan fingerprint density at radius 2 is 2.17 bits per heavy atom. The molecule has 100 valence electrons. The van der Waals surface area contributed by atoms with Crippen molar-refractivity contribution in [2.45, 2.75) is 6.18 Å². The molecule has 0 spiro atoms. The Balaban J connectivity index is 2.93. The van der Waals surface area contributed by atoms with Crippen LogP contribution in [0.1, 0.15) is 10.5 Å². The van der Waals surface area contributed by atoms with E-state index in [4.69, 9.17) is 5.11 Å². The molecule has 18 heavy (non-hydrogen) atoms. The number of nitrogens with zero attached hydrogens (tertiary/aromatic N) is 2. The first-order chi connectivity index (χ1) is 8.35. The summed E-state index contributed by atoms with van der Waals surface area (Å²) in [6, 6.07) is 3.05. The van der Waals surface area contributed by atoms with Crippen molar-refractivity contribution in [1.82, 2.24) is 9.88 Å². The minimum atomic E-state index is -4.52. The SMILES string of the molecule is O=C(c1ncccc1Br)N(CCO)CC(F)(F)F. The van der Waals surface area contributed by atoms with Crippen molar-refractivity contribution in [3.05, 3.63) is 28.5 Å². The van der Waals surface area contributed by atoms with E-state index in [1.54, 1.807) is 6.07 Å². The van der Waals surface area contributed by atoms with Gasteiger partial charge in [-0.3, -0.25) is 4.79 Å². The lowest BCUT2D eigenvalue weighted by atomic mass is 10.3. The molecule has 0 aliphatic carbocycles. The lowest BCUT2D eigenvalue weighted by Gasteiger charge is -2.22. The highest BCUT2D eigenvalue weighted by Gasteiger charge is 2.33. The molecule has 0 aliphatic heterocycles. The fourth-order valence-corrected chi connectivity index (χ4v) is 1.71. The van der Waals surface area contributed by atoms with E-state index in [9.17, 15) is 18.0 Å². The normalized spacial score (nSPS) is 11.4. The molecule has 1 N–H and O–H groups in total. The Morgan fingerprint density at radius 3 is 2.67 bits per heavy atom. The zero-order valence-corrected chi connectivity index (χ0v) is 10.7. The zero-order chi connectivity index (χ0) is 13.8. The van der Waals surface area contributed by atoms with Gasteiger partial charge < -0.3 is 10.0 Å². The number of amides is 1. The second kappa shape index (κ2) is 6.14. The molecule has 1 heterocycles. The molecule has 0 aromatic carbocycles. The minimum Gasteiger partial charge on any atom is -0.395 e. The van der Waals surface area contributed by atoms with E-state index in [1.807, 2.05) is 0 Å². The molecule has 8 heteroatoms. The van der Waals surface area contributed by atoms with Crippen LogP contribution in [0.25, 0.3) is 0 Å². The maximum Gasteiger partial charge on any atom is 0.406 e. The number of halogens is 4. The molecule has 1 aromatic rings. The molecule has 0 saturated heterocycles. The average molecular weight is 327 g/mol. The molecule has 1 amide bonds. The summed E-state index contributed by atoms with van der Waals surface area (Å²) in [4.78, 5) is 16.1. The first kappa shape index (κ1) is 14.9. The van der Waals surface area contributed by atoms with Crippen LogP contribution >= 0.6 is 15.9 Å². The lowest BCUT2D eigenvalue weighted by molar-refractivity contribution is -0.141. The number of carbonyl (C=O) groups is 1. The number of hydrogen-bond donors (Lipinski definition) is 1. The van der Waals surface area contributed by atoms with Crippen molar-refractivity contribution in [2.24, 2.45) is 0 Å². The summed E-state index contributed by atoms with van der Waals surface area (Å²) in [6.45, 7) is -2.37. The van der Waals surface area contributed by atoms with Crippen LogP contribution in [0, 0.1) is 0 Å². The van der Waals surface area contributed by atoms with Gasteiger partial charge in [0.1, 0.15) is 12.2 Å². The lowest BCUT2D eigenvalue weighted by Crippen LogP contribution is -2.41. The van der Waals surface area contributed by atoms with Gasteiger partial charge in [-0.1, -0.05) is 0 Å². The third-order valence-corrected chi connectivity index (χ3v) is 2.63. The Morgan fingerprint density at radius 1 is 1.50 bits per heavy atom. The highest BCUT2D eigenvalue weighted by Crippen LogP contribution is 2.20. The number of hydrogen-bond acceptors (Lipinski definition) is 3. The summed E-state index contributed by atoms with van der Waals surface area (Å²) in [5.41, 5.74) is -0.116. The monoisotopic (exact) mass is 326 g/mol. The van der Waals surface area contributed by atoms with Gasteiger partial charge in [-0.2, -0.15) is 13.2 Å². The molecular formula is C10H10BrF3N2O2. The quantitative estimate of drug-likeness (QED) is 0.918. The topological polar surface area (TPSA) is 53.4 Å². The molecule has 0 saturated carbocycles. The molecular weight excluding hydrogens is 317 g/mol. The first-order valence-corrected chi connectivity index (χ1v) is 5.72. The summed E-state index contributed by atoms with van der Waals surface area (Å²) in [7, 11) is 0. The predicted molar refractivity (Wildman–Crippen MR) is 61.0 cm³/mol. The highest BCUT2D eigenvalue weighted by atomic mass is 79.9. The highest BCUT2D eigenvalue weighted by molar-refractivity contribution is 9.10. The van der Waals surface area contributed by atoms with Crippen molar-refractivity contribution in [3.8, 4) is 0 Å². The van der Waals surface area contributed by atoms with Crippen LogP contribution in [0.5, 0.6) is 0 Å². The number of pyridine rings is 1. The van der Waals surface area contributed by atoms with Gasteiger partial charge in [-0.15, -0.1) is 0 Å². The molecule has 0 radical (unpaired) electrons. The number of alkyl halides is 3. The largest absolute Gasteiger partial charge is 0.406 e. The van der Waals surface area contributed by atoms with Crippen molar-refractivity contribution in [1.29, 1.82) is 0 Å². The van der Waals surface area contributed by atoms with E-state index < -0.39 is 31.8 Å². The van der Waals surface area contributed by atoms with Gasteiger partial charge >= 0.3 is 6.18 Å². The van der Waals surface area contributed by atoms with Crippen LogP contribution in [0.4, 0.5) is 13.2 Å². The second-order valence-corrected chi connectivity index (χ2v) is 4.25. The van der Waals surface area contributed by atoms with Crippen LogP contribution in [0.2, 0.25) is 0 Å². The molecule has 4 nitrogen and oxygen atoms in total. The maximum absolute atomic E-state index is 12.3. The Hall–Kier alpha value is -1.15. The Bertz CT molecular complexity index is 426.